The highest BCUT2D eigenvalue weighted by molar-refractivity contribution is 6.31. The van der Waals surface area contributed by atoms with Crippen molar-refractivity contribution in [1.29, 1.82) is 0 Å². The molecule has 5 N–H and O–H groups in total. The van der Waals surface area contributed by atoms with Gasteiger partial charge in [0.1, 0.15) is 11.6 Å². The van der Waals surface area contributed by atoms with Crippen LogP contribution < -0.4 is 11.5 Å². The summed E-state index contributed by atoms with van der Waals surface area (Å²) in [7, 11) is 1.93. The van der Waals surface area contributed by atoms with Crippen molar-refractivity contribution in [3.05, 3.63) is 47.4 Å². The van der Waals surface area contributed by atoms with Gasteiger partial charge in [0.25, 0.3) is 0 Å². The first-order valence-corrected chi connectivity index (χ1v) is 8.84. The first kappa shape index (κ1) is 22.1. The maximum absolute atomic E-state index is 13.5. The standard InChI is InChI=1S/C17H13ClFN5.C2HF3O2/c1-24-5-4-9-14-13(22-17(21)23-16(14)20)7-10(15(9)24)8-2-3-12(19)11(18)6-8;3-2(4,5)1(6)7/h2-7H,1H3,(H4,20,21,22,23);(H,6,7). The Bertz CT molecular complexity index is 1320. The van der Waals surface area contributed by atoms with Crippen LogP contribution in [0.2, 0.25) is 5.02 Å². The first-order valence-electron chi connectivity index (χ1n) is 8.46. The van der Waals surface area contributed by atoms with E-state index in [1.165, 1.54) is 6.07 Å². The van der Waals surface area contributed by atoms with Crippen LogP contribution in [0, 0.1) is 5.82 Å². The molecule has 4 aromatic rings. The average molecular weight is 456 g/mol. The van der Waals surface area contributed by atoms with Gasteiger partial charge in [0.15, 0.2) is 0 Å². The lowest BCUT2D eigenvalue weighted by Gasteiger charge is -2.11. The van der Waals surface area contributed by atoms with E-state index in [0.29, 0.717) is 11.3 Å². The van der Waals surface area contributed by atoms with E-state index < -0.39 is 18.0 Å². The number of alkyl halides is 3. The second-order valence-corrected chi connectivity index (χ2v) is 6.81. The number of aromatic nitrogens is 3. The fraction of sp³-hybridized carbons (Fsp3) is 0.105. The van der Waals surface area contributed by atoms with Gasteiger partial charge in [-0.1, -0.05) is 17.7 Å². The number of nitrogens with two attached hydrogens (primary N) is 2. The third-order valence-corrected chi connectivity index (χ3v) is 4.62. The van der Waals surface area contributed by atoms with Crippen molar-refractivity contribution in [2.45, 2.75) is 6.18 Å². The molecule has 0 radical (unpaired) electrons. The summed E-state index contributed by atoms with van der Waals surface area (Å²) in [6.45, 7) is 0. The summed E-state index contributed by atoms with van der Waals surface area (Å²) >= 11 is 5.95. The van der Waals surface area contributed by atoms with Crippen molar-refractivity contribution in [1.82, 2.24) is 14.5 Å². The zero-order valence-corrected chi connectivity index (χ0v) is 16.5. The molecule has 0 saturated carbocycles. The second-order valence-electron chi connectivity index (χ2n) is 6.41. The molecule has 0 saturated heterocycles. The van der Waals surface area contributed by atoms with Crippen LogP contribution in [-0.4, -0.2) is 31.8 Å². The highest BCUT2D eigenvalue weighted by Crippen LogP contribution is 2.37. The summed E-state index contributed by atoms with van der Waals surface area (Å²) < 4.78 is 47.2. The molecular formula is C19H14ClF4N5O2. The van der Waals surface area contributed by atoms with E-state index in [2.05, 4.69) is 9.97 Å². The Morgan fingerprint density at radius 2 is 1.81 bits per heavy atom. The van der Waals surface area contributed by atoms with Gasteiger partial charge in [0.05, 0.1) is 21.4 Å². The molecule has 2 aromatic heterocycles. The number of hydrogen-bond acceptors (Lipinski definition) is 5. The first-order chi connectivity index (χ1) is 14.4. The van der Waals surface area contributed by atoms with Gasteiger partial charge >= 0.3 is 12.1 Å². The Hall–Kier alpha value is -3.60. The molecule has 7 nitrogen and oxygen atoms in total. The second kappa shape index (κ2) is 7.91. The number of fused-ring (bicyclic) bond motifs is 3. The maximum Gasteiger partial charge on any atom is 0.490 e. The van der Waals surface area contributed by atoms with Crippen LogP contribution in [-0.2, 0) is 11.8 Å². The Kier molecular flexibility index (Phi) is 5.64. The number of carboxylic acids is 1. The van der Waals surface area contributed by atoms with E-state index in [-0.39, 0.29) is 11.0 Å². The number of carboxylic acid groups (broad SMARTS) is 1. The lowest BCUT2D eigenvalue weighted by molar-refractivity contribution is -0.192. The smallest absolute Gasteiger partial charge is 0.475 e. The summed E-state index contributed by atoms with van der Waals surface area (Å²) in [5.41, 5.74) is 15.0. The molecule has 0 bridgehead atoms. The van der Waals surface area contributed by atoms with Crippen LogP contribution >= 0.6 is 11.6 Å². The SMILES string of the molecule is Cn1ccc2c3c(N)nc(N)nc3cc(-c3ccc(F)c(Cl)c3)c21.O=C(O)C(F)(F)F. The minimum absolute atomic E-state index is 0.0664. The van der Waals surface area contributed by atoms with Crippen LogP contribution in [0.4, 0.5) is 29.3 Å². The molecule has 0 atom stereocenters. The molecular weight excluding hydrogens is 442 g/mol. The van der Waals surface area contributed by atoms with E-state index >= 15 is 0 Å². The molecule has 0 aliphatic carbocycles. The molecule has 0 spiro atoms. The van der Waals surface area contributed by atoms with Crippen molar-refractivity contribution in [2.24, 2.45) is 7.05 Å². The number of rotatable bonds is 1. The van der Waals surface area contributed by atoms with Gasteiger partial charge in [0, 0.05) is 24.2 Å². The van der Waals surface area contributed by atoms with Crippen LogP contribution in [0.1, 0.15) is 0 Å². The number of aliphatic carboxylic acids is 1. The third kappa shape index (κ3) is 4.31. The van der Waals surface area contributed by atoms with E-state index in [9.17, 15) is 17.6 Å². The molecule has 0 aliphatic rings. The molecule has 0 amide bonds. The Morgan fingerprint density at radius 1 is 1.16 bits per heavy atom. The van der Waals surface area contributed by atoms with Gasteiger partial charge in [-0.2, -0.15) is 18.2 Å². The number of halogens is 5. The van der Waals surface area contributed by atoms with Crippen molar-refractivity contribution >= 4 is 51.1 Å². The van der Waals surface area contributed by atoms with Crippen LogP contribution in [0.25, 0.3) is 32.9 Å². The molecule has 4 rings (SSSR count). The zero-order valence-electron chi connectivity index (χ0n) is 15.7. The highest BCUT2D eigenvalue weighted by atomic mass is 35.5. The zero-order chi connectivity index (χ0) is 23.1. The number of carbonyl (C=O) groups is 1. The third-order valence-electron chi connectivity index (χ3n) is 4.33. The Balaban J connectivity index is 0.000000339. The minimum atomic E-state index is -5.08. The minimum Gasteiger partial charge on any atom is -0.475 e. The molecule has 0 unspecified atom stereocenters. The summed E-state index contributed by atoms with van der Waals surface area (Å²) in [5, 5.41) is 8.84. The summed E-state index contributed by atoms with van der Waals surface area (Å²) in [6.07, 6.45) is -3.16. The van der Waals surface area contributed by atoms with Crippen LogP contribution in [0.15, 0.2) is 36.5 Å². The average Bonchev–Trinajstić information content (AvgIpc) is 3.04. The number of nitrogens with zero attached hydrogens (tertiary/aromatic N) is 3. The van der Waals surface area contributed by atoms with Crippen LogP contribution in [0.5, 0.6) is 0 Å². The largest absolute Gasteiger partial charge is 0.490 e. The molecule has 2 heterocycles. The quantitative estimate of drug-likeness (QED) is 0.366. The highest BCUT2D eigenvalue weighted by Gasteiger charge is 2.38. The molecule has 0 fully saturated rings. The Morgan fingerprint density at radius 3 is 2.39 bits per heavy atom. The van der Waals surface area contributed by atoms with E-state index in [0.717, 1.165) is 27.4 Å². The lowest BCUT2D eigenvalue weighted by atomic mass is 9.99. The van der Waals surface area contributed by atoms with Gasteiger partial charge in [-0.25, -0.2) is 14.2 Å². The number of aryl methyl sites for hydroxylation is 1. The number of nitrogen functional groups attached to an aromatic ring is 2. The number of anilines is 2. The predicted molar refractivity (Wildman–Crippen MR) is 109 cm³/mol. The summed E-state index contributed by atoms with van der Waals surface area (Å²) in [6, 6.07) is 8.44. The van der Waals surface area contributed by atoms with E-state index in [1.807, 2.05) is 29.9 Å². The van der Waals surface area contributed by atoms with Gasteiger partial charge in [-0.15, -0.1) is 0 Å². The molecule has 31 heavy (non-hydrogen) atoms. The van der Waals surface area contributed by atoms with Crippen molar-refractivity contribution < 1.29 is 27.5 Å². The van der Waals surface area contributed by atoms with E-state index in [4.69, 9.17) is 33.0 Å². The van der Waals surface area contributed by atoms with Crippen molar-refractivity contribution in [3.8, 4) is 11.1 Å². The van der Waals surface area contributed by atoms with E-state index in [1.54, 1.807) is 12.1 Å². The number of benzene rings is 2. The topological polar surface area (TPSA) is 120 Å². The Labute approximate surface area is 176 Å². The number of hydrogen-bond donors (Lipinski definition) is 3. The molecule has 0 aliphatic heterocycles. The van der Waals surface area contributed by atoms with Crippen molar-refractivity contribution in [3.63, 3.8) is 0 Å². The van der Waals surface area contributed by atoms with Gasteiger partial charge in [-0.3, -0.25) is 0 Å². The predicted octanol–water partition coefficient (Wildman–Crippen LogP) is 4.38. The molecule has 12 heteroatoms. The summed E-state index contributed by atoms with van der Waals surface area (Å²) in [4.78, 5) is 17.2. The summed E-state index contributed by atoms with van der Waals surface area (Å²) in [5.74, 6) is -2.77. The van der Waals surface area contributed by atoms with Gasteiger partial charge in [-0.05, 0) is 29.8 Å². The normalized spacial score (nSPS) is 11.4. The van der Waals surface area contributed by atoms with Gasteiger partial charge < -0.3 is 21.1 Å². The van der Waals surface area contributed by atoms with Crippen LogP contribution in [0.3, 0.4) is 0 Å². The fourth-order valence-corrected chi connectivity index (χ4v) is 3.23. The monoisotopic (exact) mass is 455 g/mol. The maximum atomic E-state index is 13.5. The van der Waals surface area contributed by atoms with Gasteiger partial charge in [0.2, 0.25) is 5.95 Å². The molecule has 2 aromatic carbocycles. The van der Waals surface area contributed by atoms with Crippen molar-refractivity contribution in [2.75, 3.05) is 11.5 Å². The molecule has 162 valence electrons. The fourth-order valence-electron chi connectivity index (χ4n) is 3.05. The lowest BCUT2D eigenvalue weighted by Crippen LogP contribution is -2.21.